The predicted octanol–water partition coefficient (Wildman–Crippen LogP) is 4.44. The average Bonchev–Trinajstić information content (AvgIpc) is 3.08. The second-order valence-corrected chi connectivity index (χ2v) is 6.51. The molecule has 0 atom stereocenters. The molecule has 2 aromatic carbocycles. The first-order chi connectivity index (χ1) is 12.1. The monoisotopic (exact) mass is 357 g/mol. The third-order valence-corrected chi connectivity index (χ3v) is 4.60. The highest BCUT2D eigenvalue weighted by Crippen LogP contribution is 2.23. The molecule has 126 valence electrons. The number of hydrogen-bond acceptors (Lipinski definition) is 3. The van der Waals surface area contributed by atoms with Crippen molar-refractivity contribution in [3.8, 4) is 11.1 Å². The van der Waals surface area contributed by atoms with Crippen molar-refractivity contribution in [3.63, 3.8) is 0 Å². The summed E-state index contributed by atoms with van der Waals surface area (Å²) in [6.45, 7) is 0.195. The molecule has 0 saturated heterocycles. The molecule has 0 aliphatic carbocycles. The van der Waals surface area contributed by atoms with Crippen LogP contribution >= 0.6 is 11.3 Å². The average molecular weight is 357 g/mol. The molecule has 0 aliphatic rings. The predicted molar refractivity (Wildman–Crippen MR) is 92.7 cm³/mol. The van der Waals surface area contributed by atoms with Crippen LogP contribution in [-0.2, 0) is 6.54 Å². The molecule has 3 nitrogen and oxygen atoms in total. The van der Waals surface area contributed by atoms with Gasteiger partial charge in [0.1, 0.15) is 11.6 Å². The van der Waals surface area contributed by atoms with Crippen molar-refractivity contribution in [1.29, 1.82) is 0 Å². The van der Waals surface area contributed by atoms with Gasteiger partial charge >= 0.3 is 0 Å². The minimum atomic E-state index is -0.655. The third kappa shape index (κ3) is 3.97. The van der Waals surface area contributed by atoms with Crippen molar-refractivity contribution in [2.75, 3.05) is 0 Å². The number of halogens is 2. The molecule has 0 spiro atoms. The van der Waals surface area contributed by atoms with Crippen LogP contribution in [0, 0.1) is 11.6 Å². The summed E-state index contributed by atoms with van der Waals surface area (Å²) >= 11 is 1.26. The number of carbonyl (C=O) groups is 2. The van der Waals surface area contributed by atoms with Crippen LogP contribution < -0.4 is 5.32 Å². The minimum absolute atomic E-state index is 0.117. The lowest BCUT2D eigenvalue weighted by molar-refractivity contribution is 0.0947. The normalized spacial score (nSPS) is 10.5. The van der Waals surface area contributed by atoms with Crippen LogP contribution in [0.3, 0.4) is 0 Å². The fourth-order valence-electron chi connectivity index (χ4n) is 2.36. The highest BCUT2D eigenvalue weighted by atomic mass is 32.1. The number of carbonyl (C=O) groups excluding carboxylic acids is 2. The van der Waals surface area contributed by atoms with Gasteiger partial charge in [-0.15, -0.1) is 11.3 Å². The van der Waals surface area contributed by atoms with Crippen LogP contribution in [0.2, 0.25) is 0 Å². The minimum Gasteiger partial charge on any atom is -0.347 e. The van der Waals surface area contributed by atoms with Crippen molar-refractivity contribution < 1.29 is 18.4 Å². The number of nitrogens with one attached hydrogen (secondary N) is 1. The number of benzene rings is 2. The lowest BCUT2D eigenvalue weighted by Gasteiger charge is -2.08. The van der Waals surface area contributed by atoms with Gasteiger partial charge in [0.05, 0.1) is 17.0 Å². The van der Waals surface area contributed by atoms with Crippen molar-refractivity contribution in [3.05, 3.63) is 81.5 Å². The molecule has 0 aliphatic heterocycles. The number of rotatable bonds is 5. The highest BCUT2D eigenvalue weighted by molar-refractivity contribution is 7.13. The maximum absolute atomic E-state index is 14.0. The van der Waals surface area contributed by atoms with E-state index in [1.54, 1.807) is 24.3 Å². The molecule has 0 bridgehead atoms. The van der Waals surface area contributed by atoms with E-state index < -0.39 is 17.5 Å². The van der Waals surface area contributed by atoms with Gasteiger partial charge in [-0.05, 0) is 47.5 Å². The molecule has 0 unspecified atom stereocenters. The zero-order chi connectivity index (χ0) is 17.8. The van der Waals surface area contributed by atoms with Crippen LogP contribution in [0.5, 0.6) is 0 Å². The van der Waals surface area contributed by atoms with E-state index in [4.69, 9.17) is 0 Å². The summed E-state index contributed by atoms with van der Waals surface area (Å²) in [4.78, 5) is 24.3. The molecule has 25 heavy (non-hydrogen) atoms. The smallest absolute Gasteiger partial charge is 0.254 e. The number of amides is 1. The van der Waals surface area contributed by atoms with Crippen molar-refractivity contribution >= 4 is 23.5 Å². The summed E-state index contributed by atoms with van der Waals surface area (Å²) in [7, 11) is 0. The van der Waals surface area contributed by atoms with Gasteiger partial charge in [0.25, 0.3) is 5.91 Å². The fraction of sp³-hybridized carbons (Fsp3) is 0.0526. The number of hydrogen-bond donors (Lipinski definition) is 1. The second-order valence-electron chi connectivity index (χ2n) is 5.31. The van der Waals surface area contributed by atoms with E-state index in [2.05, 4.69) is 5.32 Å². The van der Waals surface area contributed by atoms with E-state index in [0.29, 0.717) is 16.0 Å². The Kier molecular flexibility index (Phi) is 5.00. The van der Waals surface area contributed by atoms with Gasteiger partial charge in [-0.3, -0.25) is 9.59 Å². The maximum atomic E-state index is 14.0. The molecule has 0 radical (unpaired) electrons. The van der Waals surface area contributed by atoms with Gasteiger partial charge < -0.3 is 5.32 Å². The Balaban J connectivity index is 1.79. The van der Waals surface area contributed by atoms with Crippen LogP contribution in [0.1, 0.15) is 24.9 Å². The molecule has 1 amide bonds. The second kappa shape index (κ2) is 7.36. The van der Waals surface area contributed by atoms with E-state index >= 15 is 0 Å². The van der Waals surface area contributed by atoms with Gasteiger partial charge in [0.15, 0.2) is 6.29 Å². The lowest BCUT2D eigenvalue weighted by atomic mass is 10.0. The van der Waals surface area contributed by atoms with E-state index in [9.17, 15) is 18.4 Å². The van der Waals surface area contributed by atoms with Crippen molar-refractivity contribution in [2.45, 2.75) is 6.54 Å². The molecular formula is C19H13F2NO2S. The Morgan fingerprint density at radius 2 is 1.84 bits per heavy atom. The molecule has 3 rings (SSSR count). The standard InChI is InChI=1S/C19H13F2NO2S/c20-14-3-1-2-12(8-14)13-4-7-18(21)17(9-13)19(24)22-10-15-5-6-16(11-23)25-15/h1-9,11H,10H2,(H,22,24). The zero-order valence-electron chi connectivity index (χ0n) is 13.0. The molecule has 3 aromatic rings. The van der Waals surface area contributed by atoms with Gasteiger partial charge in [0.2, 0.25) is 0 Å². The van der Waals surface area contributed by atoms with Gasteiger partial charge in [-0.1, -0.05) is 18.2 Å². The zero-order valence-corrected chi connectivity index (χ0v) is 13.8. The van der Waals surface area contributed by atoms with Crippen molar-refractivity contribution in [1.82, 2.24) is 5.32 Å². The maximum Gasteiger partial charge on any atom is 0.254 e. The molecule has 6 heteroatoms. The first-order valence-corrected chi connectivity index (χ1v) is 8.26. The lowest BCUT2D eigenvalue weighted by Crippen LogP contribution is -2.23. The Labute approximate surface area is 146 Å². The fourth-order valence-corrected chi connectivity index (χ4v) is 3.13. The van der Waals surface area contributed by atoms with Gasteiger partial charge in [0, 0.05) is 4.88 Å². The molecule has 0 saturated carbocycles. The van der Waals surface area contributed by atoms with Crippen molar-refractivity contribution in [2.24, 2.45) is 0 Å². The molecule has 1 aromatic heterocycles. The first-order valence-electron chi connectivity index (χ1n) is 7.44. The number of aldehydes is 1. The van der Waals surface area contributed by atoms with Crippen LogP contribution in [0.15, 0.2) is 54.6 Å². The van der Waals surface area contributed by atoms with Crippen LogP contribution in [0.4, 0.5) is 8.78 Å². The third-order valence-electron chi connectivity index (χ3n) is 3.59. The molecule has 1 heterocycles. The first kappa shape index (κ1) is 17.0. The topological polar surface area (TPSA) is 46.2 Å². The van der Waals surface area contributed by atoms with Crippen LogP contribution in [0.25, 0.3) is 11.1 Å². The molecule has 1 N–H and O–H groups in total. The summed E-state index contributed by atoms with van der Waals surface area (Å²) in [5.41, 5.74) is 0.988. The molecular weight excluding hydrogens is 344 g/mol. The van der Waals surface area contributed by atoms with Gasteiger partial charge in [-0.2, -0.15) is 0 Å². The van der Waals surface area contributed by atoms with E-state index in [1.807, 2.05) is 0 Å². The Morgan fingerprint density at radius 3 is 2.56 bits per heavy atom. The summed E-state index contributed by atoms with van der Waals surface area (Å²) < 4.78 is 27.4. The quantitative estimate of drug-likeness (QED) is 0.687. The summed E-state index contributed by atoms with van der Waals surface area (Å²) in [5, 5.41) is 2.63. The largest absolute Gasteiger partial charge is 0.347 e. The Morgan fingerprint density at radius 1 is 1.04 bits per heavy atom. The molecule has 0 fully saturated rings. The van der Waals surface area contributed by atoms with E-state index in [-0.39, 0.29) is 12.1 Å². The van der Waals surface area contributed by atoms with E-state index in [0.717, 1.165) is 11.2 Å². The van der Waals surface area contributed by atoms with Crippen LogP contribution in [-0.4, -0.2) is 12.2 Å². The summed E-state index contributed by atoms with van der Waals surface area (Å²) in [6.07, 6.45) is 0.734. The van der Waals surface area contributed by atoms with E-state index in [1.165, 1.54) is 41.7 Å². The Bertz CT molecular complexity index is 937. The Hall–Kier alpha value is -2.86. The number of thiophene rings is 1. The highest BCUT2D eigenvalue weighted by Gasteiger charge is 2.14. The SMILES string of the molecule is O=Cc1ccc(CNC(=O)c2cc(-c3cccc(F)c3)ccc2F)s1. The van der Waals surface area contributed by atoms with Gasteiger partial charge in [-0.25, -0.2) is 8.78 Å². The summed E-state index contributed by atoms with van der Waals surface area (Å²) in [6, 6.07) is 13.3. The summed E-state index contributed by atoms with van der Waals surface area (Å²) in [5.74, 6) is -1.63.